The van der Waals surface area contributed by atoms with Crippen molar-refractivity contribution in [3.63, 3.8) is 0 Å². The number of para-hydroxylation sites is 1. The largest absolute Gasteiger partial charge is 0.634 e. The summed E-state index contributed by atoms with van der Waals surface area (Å²) in [5, 5.41) is 14.5. The Labute approximate surface area is 114 Å². The van der Waals surface area contributed by atoms with Crippen LogP contribution < -0.4 is 10.4 Å². The summed E-state index contributed by atoms with van der Waals surface area (Å²) in [5.74, 6) is 0.429. The Morgan fingerprint density at radius 1 is 1.32 bits per heavy atom. The average molecular weight is 262 g/mol. The number of hydrogen-bond donors (Lipinski definition) is 2. The minimum absolute atomic E-state index is 0.0664. The standard InChI is InChI=1S/C15H22N2O2/c1-11-4-3-5-12(2)15(11)16-14(18)10-13-6-8-17(19)9-7-13/h3-5,13,17H,6-10H2,1-2H3,(H,16,18). The van der Waals surface area contributed by atoms with Crippen molar-refractivity contribution in [3.05, 3.63) is 34.5 Å². The molecule has 1 amide bonds. The number of rotatable bonds is 3. The van der Waals surface area contributed by atoms with Gasteiger partial charge < -0.3 is 15.6 Å². The van der Waals surface area contributed by atoms with Gasteiger partial charge >= 0.3 is 0 Å². The molecule has 0 bridgehead atoms. The monoisotopic (exact) mass is 262 g/mol. The predicted octanol–water partition coefficient (Wildman–Crippen LogP) is 1.42. The van der Waals surface area contributed by atoms with Crippen LogP contribution in [0, 0.1) is 25.0 Å². The average Bonchev–Trinajstić information content (AvgIpc) is 2.37. The topological polar surface area (TPSA) is 56.6 Å². The minimum atomic E-state index is 0.0664. The van der Waals surface area contributed by atoms with Crippen LogP contribution in [0.3, 0.4) is 0 Å². The molecular weight excluding hydrogens is 240 g/mol. The third kappa shape index (κ3) is 3.78. The number of carbonyl (C=O) groups excluding carboxylic acids is 1. The fourth-order valence-electron chi connectivity index (χ4n) is 2.67. The molecular formula is C15H22N2O2. The van der Waals surface area contributed by atoms with Gasteiger partial charge in [0, 0.05) is 24.9 Å². The third-order valence-corrected chi connectivity index (χ3v) is 3.88. The third-order valence-electron chi connectivity index (χ3n) is 3.88. The van der Waals surface area contributed by atoms with Gasteiger partial charge in [-0.05, 0) is 30.9 Å². The van der Waals surface area contributed by atoms with Crippen molar-refractivity contribution in [2.24, 2.45) is 5.92 Å². The molecule has 4 heteroatoms. The number of amides is 1. The van der Waals surface area contributed by atoms with Crippen molar-refractivity contribution < 1.29 is 9.86 Å². The quantitative estimate of drug-likeness (QED) is 0.810. The van der Waals surface area contributed by atoms with Crippen LogP contribution in [0.25, 0.3) is 0 Å². The lowest BCUT2D eigenvalue weighted by atomic mass is 9.94. The van der Waals surface area contributed by atoms with E-state index in [2.05, 4.69) is 5.32 Å². The van der Waals surface area contributed by atoms with E-state index in [-0.39, 0.29) is 5.91 Å². The summed E-state index contributed by atoms with van der Waals surface area (Å²) in [5.41, 5.74) is 3.11. The first-order valence-electron chi connectivity index (χ1n) is 6.94. The summed E-state index contributed by atoms with van der Waals surface area (Å²) < 4.78 is 0. The Bertz CT molecular complexity index is 431. The molecule has 0 radical (unpaired) electrons. The highest BCUT2D eigenvalue weighted by molar-refractivity contribution is 5.92. The van der Waals surface area contributed by atoms with Gasteiger partial charge in [0.05, 0.1) is 13.1 Å². The second kappa shape index (κ2) is 6.17. The van der Waals surface area contributed by atoms with E-state index < -0.39 is 0 Å². The Morgan fingerprint density at radius 2 is 1.89 bits per heavy atom. The zero-order valence-corrected chi connectivity index (χ0v) is 11.7. The van der Waals surface area contributed by atoms with Crippen LogP contribution in [0.1, 0.15) is 30.4 Å². The number of carbonyl (C=O) groups is 1. The van der Waals surface area contributed by atoms with E-state index in [1.165, 1.54) is 0 Å². The molecule has 19 heavy (non-hydrogen) atoms. The fourth-order valence-corrected chi connectivity index (χ4v) is 2.67. The zero-order chi connectivity index (χ0) is 13.8. The van der Waals surface area contributed by atoms with E-state index in [9.17, 15) is 10.0 Å². The molecule has 0 atom stereocenters. The summed E-state index contributed by atoms with van der Waals surface area (Å²) in [7, 11) is 0. The lowest BCUT2D eigenvalue weighted by molar-refractivity contribution is -0.854. The van der Waals surface area contributed by atoms with Crippen LogP contribution in [-0.4, -0.2) is 19.0 Å². The normalized spacial score (nSPS) is 23.1. The van der Waals surface area contributed by atoms with Crippen LogP contribution in [0.5, 0.6) is 0 Å². The Morgan fingerprint density at radius 3 is 2.47 bits per heavy atom. The molecule has 1 fully saturated rings. The number of anilines is 1. The van der Waals surface area contributed by atoms with Crippen molar-refractivity contribution in [2.45, 2.75) is 33.1 Å². The summed E-state index contributed by atoms with van der Waals surface area (Å²) in [4.78, 5) is 12.1. The van der Waals surface area contributed by atoms with E-state index in [1.807, 2.05) is 32.0 Å². The number of hydroxylamine groups is 2. The van der Waals surface area contributed by atoms with Gasteiger partial charge in [0.1, 0.15) is 0 Å². The molecule has 4 nitrogen and oxygen atoms in total. The summed E-state index contributed by atoms with van der Waals surface area (Å²) in [6.07, 6.45) is 2.25. The highest BCUT2D eigenvalue weighted by Crippen LogP contribution is 2.21. The molecule has 104 valence electrons. The number of piperidine rings is 1. The number of quaternary nitrogens is 1. The maximum Gasteiger partial charge on any atom is 0.224 e. The van der Waals surface area contributed by atoms with Gasteiger partial charge in [0.2, 0.25) is 5.91 Å². The first-order valence-corrected chi connectivity index (χ1v) is 6.94. The number of aryl methyl sites for hydroxylation is 2. The van der Waals surface area contributed by atoms with Gasteiger partial charge in [0.15, 0.2) is 0 Å². The SMILES string of the molecule is Cc1cccc(C)c1NC(=O)CC1CC[NH+]([O-])CC1. The molecule has 1 aliphatic heterocycles. The number of nitrogens with one attached hydrogen (secondary N) is 2. The van der Waals surface area contributed by atoms with Gasteiger partial charge in [-0.2, -0.15) is 0 Å². The maximum atomic E-state index is 12.1. The van der Waals surface area contributed by atoms with Gasteiger partial charge in [-0.25, -0.2) is 0 Å². The number of benzene rings is 1. The van der Waals surface area contributed by atoms with Crippen LogP contribution in [0.4, 0.5) is 5.69 Å². The molecule has 1 aromatic carbocycles. The summed E-state index contributed by atoms with van der Waals surface area (Å²) in [6.45, 7) is 5.28. The van der Waals surface area contributed by atoms with Crippen molar-refractivity contribution in [2.75, 3.05) is 18.4 Å². The number of hydrogen-bond acceptors (Lipinski definition) is 2. The van der Waals surface area contributed by atoms with E-state index in [0.717, 1.165) is 29.7 Å². The van der Waals surface area contributed by atoms with E-state index >= 15 is 0 Å². The maximum absolute atomic E-state index is 12.1. The Hall–Kier alpha value is -1.39. The highest BCUT2D eigenvalue weighted by atomic mass is 16.5. The zero-order valence-electron chi connectivity index (χ0n) is 11.7. The molecule has 2 N–H and O–H groups in total. The first kappa shape index (κ1) is 14.0. The molecule has 0 unspecified atom stereocenters. The minimum Gasteiger partial charge on any atom is -0.634 e. The van der Waals surface area contributed by atoms with Crippen molar-refractivity contribution >= 4 is 11.6 Å². The van der Waals surface area contributed by atoms with Gasteiger partial charge in [0.25, 0.3) is 0 Å². The Kier molecular flexibility index (Phi) is 4.56. The second-order valence-corrected chi connectivity index (χ2v) is 5.50. The van der Waals surface area contributed by atoms with Crippen LogP contribution >= 0.6 is 0 Å². The lowest BCUT2D eigenvalue weighted by Crippen LogP contribution is -3.08. The summed E-state index contributed by atoms with van der Waals surface area (Å²) in [6, 6.07) is 6.00. The smallest absolute Gasteiger partial charge is 0.224 e. The van der Waals surface area contributed by atoms with Crippen LogP contribution in [-0.2, 0) is 4.79 Å². The van der Waals surface area contributed by atoms with E-state index in [0.29, 0.717) is 30.5 Å². The Balaban J connectivity index is 1.91. The van der Waals surface area contributed by atoms with E-state index in [1.54, 1.807) is 0 Å². The molecule has 1 saturated heterocycles. The molecule has 1 heterocycles. The van der Waals surface area contributed by atoms with Crippen molar-refractivity contribution in [1.82, 2.24) is 0 Å². The molecule has 0 spiro atoms. The van der Waals surface area contributed by atoms with Crippen LogP contribution in [0.2, 0.25) is 0 Å². The second-order valence-electron chi connectivity index (χ2n) is 5.50. The first-order chi connectivity index (χ1) is 9.06. The highest BCUT2D eigenvalue weighted by Gasteiger charge is 2.21. The summed E-state index contributed by atoms with van der Waals surface area (Å²) >= 11 is 0. The van der Waals surface area contributed by atoms with Gasteiger partial charge in [-0.3, -0.25) is 4.79 Å². The molecule has 0 aliphatic carbocycles. The van der Waals surface area contributed by atoms with Crippen molar-refractivity contribution in [1.29, 1.82) is 0 Å². The molecule has 0 saturated carbocycles. The molecule has 1 aromatic rings. The van der Waals surface area contributed by atoms with E-state index in [4.69, 9.17) is 0 Å². The van der Waals surface area contributed by atoms with Gasteiger partial charge in [-0.15, -0.1) is 0 Å². The fraction of sp³-hybridized carbons (Fsp3) is 0.533. The molecule has 1 aliphatic rings. The lowest BCUT2D eigenvalue weighted by Gasteiger charge is -2.31. The molecule has 0 aromatic heterocycles. The predicted molar refractivity (Wildman–Crippen MR) is 76.0 cm³/mol. The molecule has 2 rings (SSSR count). The van der Waals surface area contributed by atoms with Crippen LogP contribution in [0.15, 0.2) is 18.2 Å². The van der Waals surface area contributed by atoms with Gasteiger partial charge in [-0.1, -0.05) is 18.2 Å². The van der Waals surface area contributed by atoms with Crippen molar-refractivity contribution in [3.8, 4) is 0 Å².